The minimum absolute atomic E-state index is 0.159. The van der Waals surface area contributed by atoms with Crippen LogP contribution in [0.1, 0.15) is 36.2 Å². The van der Waals surface area contributed by atoms with Gasteiger partial charge in [0.25, 0.3) is 5.91 Å². The molecule has 106 valence electrons. The number of hydrogen-bond acceptors (Lipinski definition) is 1. The molecule has 1 aromatic carbocycles. The maximum Gasteiger partial charge on any atom is 0.417 e. The molecule has 0 spiro atoms. The molecule has 0 saturated heterocycles. The summed E-state index contributed by atoms with van der Waals surface area (Å²) in [7, 11) is 0. The molecule has 0 aliphatic heterocycles. The van der Waals surface area contributed by atoms with Gasteiger partial charge in [0, 0.05) is 11.4 Å². The first-order chi connectivity index (χ1) is 8.71. The Labute approximate surface area is 114 Å². The summed E-state index contributed by atoms with van der Waals surface area (Å²) in [6.45, 7) is 3.46. The Hall–Kier alpha value is -1.23. The van der Waals surface area contributed by atoms with Crippen LogP contribution in [0.5, 0.6) is 0 Å². The summed E-state index contributed by atoms with van der Waals surface area (Å²) in [6, 6.07) is 4.42. The molecular formula is C13H15ClF3NO. The smallest absolute Gasteiger partial charge is 0.350 e. The molecule has 0 saturated carbocycles. The van der Waals surface area contributed by atoms with Crippen LogP contribution in [0, 0.1) is 0 Å². The maximum atomic E-state index is 12.8. The van der Waals surface area contributed by atoms with Crippen LogP contribution in [-0.2, 0) is 6.18 Å². The highest BCUT2D eigenvalue weighted by atomic mass is 35.5. The van der Waals surface area contributed by atoms with E-state index in [1.165, 1.54) is 12.1 Å². The Morgan fingerprint density at radius 3 is 2.42 bits per heavy atom. The first-order valence-electron chi connectivity index (χ1n) is 5.83. The highest BCUT2D eigenvalue weighted by Gasteiger charge is 2.34. The zero-order chi connectivity index (χ0) is 14.6. The predicted molar refractivity (Wildman–Crippen MR) is 68.3 cm³/mol. The van der Waals surface area contributed by atoms with Gasteiger partial charge in [-0.3, -0.25) is 4.79 Å². The van der Waals surface area contributed by atoms with Crippen LogP contribution in [-0.4, -0.2) is 17.3 Å². The standard InChI is InChI=1S/C13H15ClF3NO/c1-8(14)7-9(2)18-12(19)10-5-3-4-6-11(10)13(15,16)17/h3-6,8-9H,7H2,1-2H3,(H,18,19). The van der Waals surface area contributed by atoms with Gasteiger partial charge in [0.1, 0.15) is 0 Å². The fourth-order valence-corrected chi connectivity index (χ4v) is 2.04. The molecule has 0 bridgehead atoms. The molecular weight excluding hydrogens is 279 g/mol. The van der Waals surface area contributed by atoms with Gasteiger partial charge in [0.15, 0.2) is 0 Å². The Morgan fingerprint density at radius 2 is 1.89 bits per heavy atom. The van der Waals surface area contributed by atoms with E-state index in [4.69, 9.17) is 11.6 Å². The van der Waals surface area contributed by atoms with Crippen molar-refractivity contribution in [3.63, 3.8) is 0 Å². The lowest BCUT2D eigenvalue weighted by Crippen LogP contribution is -2.35. The second-order valence-corrected chi connectivity index (χ2v) is 5.18. The van der Waals surface area contributed by atoms with E-state index in [0.29, 0.717) is 6.42 Å². The van der Waals surface area contributed by atoms with Crippen molar-refractivity contribution >= 4 is 17.5 Å². The van der Waals surface area contributed by atoms with Crippen molar-refractivity contribution in [1.82, 2.24) is 5.32 Å². The highest BCUT2D eigenvalue weighted by molar-refractivity contribution is 6.20. The quantitative estimate of drug-likeness (QED) is 0.840. The lowest BCUT2D eigenvalue weighted by Gasteiger charge is -2.17. The van der Waals surface area contributed by atoms with Crippen molar-refractivity contribution in [1.29, 1.82) is 0 Å². The monoisotopic (exact) mass is 293 g/mol. The molecule has 0 aromatic heterocycles. The van der Waals surface area contributed by atoms with Gasteiger partial charge in [0.05, 0.1) is 11.1 Å². The SMILES string of the molecule is CC(Cl)CC(C)NC(=O)c1ccccc1C(F)(F)F. The molecule has 0 aliphatic carbocycles. The van der Waals surface area contributed by atoms with E-state index in [1.807, 2.05) is 0 Å². The van der Waals surface area contributed by atoms with Crippen molar-refractivity contribution in [2.75, 3.05) is 0 Å². The molecule has 1 amide bonds. The van der Waals surface area contributed by atoms with Gasteiger partial charge in [-0.2, -0.15) is 13.2 Å². The van der Waals surface area contributed by atoms with Crippen molar-refractivity contribution < 1.29 is 18.0 Å². The summed E-state index contributed by atoms with van der Waals surface area (Å²) < 4.78 is 38.3. The zero-order valence-corrected chi connectivity index (χ0v) is 11.3. The minimum Gasteiger partial charge on any atom is -0.350 e. The summed E-state index contributed by atoms with van der Waals surface area (Å²) in [5, 5.41) is 2.36. The first kappa shape index (κ1) is 15.8. The van der Waals surface area contributed by atoms with Crippen LogP contribution in [0.4, 0.5) is 13.2 Å². The van der Waals surface area contributed by atoms with Crippen molar-refractivity contribution in [3.05, 3.63) is 35.4 Å². The minimum atomic E-state index is -4.54. The Kier molecular flexibility index (Phi) is 5.23. The van der Waals surface area contributed by atoms with Gasteiger partial charge >= 0.3 is 6.18 Å². The third kappa shape index (κ3) is 4.74. The first-order valence-corrected chi connectivity index (χ1v) is 6.26. The highest BCUT2D eigenvalue weighted by Crippen LogP contribution is 2.31. The molecule has 0 heterocycles. The van der Waals surface area contributed by atoms with E-state index in [0.717, 1.165) is 12.1 Å². The Bertz CT molecular complexity index is 446. The fraction of sp³-hybridized carbons (Fsp3) is 0.462. The van der Waals surface area contributed by atoms with Crippen LogP contribution in [0.2, 0.25) is 0 Å². The third-order valence-electron chi connectivity index (χ3n) is 2.53. The van der Waals surface area contributed by atoms with Gasteiger partial charge in [-0.1, -0.05) is 12.1 Å². The Balaban J connectivity index is 2.89. The molecule has 1 aromatic rings. The molecule has 0 radical (unpaired) electrons. The van der Waals surface area contributed by atoms with E-state index < -0.39 is 17.6 Å². The van der Waals surface area contributed by atoms with Gasteiger partial charge < -0.3 is 5.32 Å². The summed E-state index contributed by atoms with van der Waals surface area (Å²) >= 11 is 5.77. The molecule has 0 fully saturated rings. The van der Waals surface area contributed by atoms with Crippen molar-refractivity contribution in [3.8, 4) is 0 Å². The van der Waals surface area contributed by atoms with Gasteiger partial charge in [0.2, 0.25) is 0 Å². The summed E-state index contributed by atoms with van der Waals surface area (Å²) in [6.07, 6.45) is -4.06. The summed E-state index contributed by atoms with van der Waals surface area (Å²) in [4.78, 5) is 11.8. The lowest BCUT2D eigenvalue weighted by atomic mass is 10.1. The van der Waals surface area contributed by atoms with Crippen LogP contribution in [0.25, 0.3) is 0 Å². The third-order valence-corrected chi connectivity index (χ3v) is 2.71. The van der Waals surface area contributed by atoms with Gasteiger partial charge in [-0.15, -0.1) is 11.6 Å². The molecule has 2 atom stereocenters. The average Bonchev–Trinajstić information content (AvgIpc) is 2.26. The largest absolute Gasteiger partial charge is 0.417 e. The molecule has 6 heteroatoms. The van der Waals surface area contributed by atoms with Crippen LogP contribution >= 0.6 is 11.6 Å². The number of halogens is 4. The molecule has 19 heavy (non-hydrogen) atoms. The number of nitrogens with one attached hydrogen (secondary N) is 1. The van der Waals surface area contributed by atoms with E-state index in [2.05, 4.69) is 5.32 Å². The Morgan fingerprint density at radius 1 is 1.32 bits per heavy atom. The van der Waals surface area contributed by atoms with E-state index in [9.17, 15) is 18.0 Å². The number of carbonyl (C=O) groups excluding carboxylic acids is 1. The number of rotatable bonds is 4. The van der Waals surface area contributed by atoms with Crippen LogP contribution in [0.15, 0.2) is 24.3 Å². The fourth-order valence-electron chi connectivity index (χ4n) is 1.78. The summed E-state index contributed by atoms with van der Waals surface area (Å²) in [5.74, 6) is -0.738. The predicted octanol–water partition coefficient (Wildman–Crippen LogP) is 3.84. The van der Waals surface area contributed by atoms with E-state index in [1.54, 1.807) is 13.8 Å². The van der Waals surface area contributed by atoms with E-state index in [-0.39, 0.29) is 17.0 Å². The van der Waals surface area contributed by atoms with E-state index >= 15 is 0 Å². The molecule has 1 N–H and O–H groups in total. The maximum absolute atomic E-state index is 12.8. The molecule has 0 aliphatic rings. The second-order valence-electron chi connectivity index (χ2n) is 4.43. The molecule has 2 nitrogen and oxygen atoms in total. The number of hydrogen-bond donors (Lipinski definition) is 1. The number of carbonyl (C=O) groups is 1. The number of benzene rings is 1. The second kappa shape index (κ2) is 6.28. The van der Waals surface area contributed by atoms with Crippen LogP contribution < -0.4 is 5.32 Å². The van der Waals surface area contributed by atoms with Crippen molar-refractivity contribution in [2.45, 2.75) is 37.9 Å². The normalized spacial score (nSPS) is 14.8. The van der Waals surface area contributed by atoms with Gasteiger partial charge in [-0.25, -0.2) is 0 Å². The number of amides is 1. The zero-order valence-electron chi connectivity index (χ0n) is 10.6. The summed E-state index contributed by atoms with van der Waals surface area (Å²) in [5.41, 5.74) is -1.30. The average molecular weight is 294 g/mol. The molecule has 2 unspecified atom stereocenters. The van der Waals surface area contributed by atoms with Crippen LogP contribution in [0.3, 0.4) is 0 Å². The number of alkyl halides is 4. The topological polar surface area (TPSA) is 29.1 Å². The lowest BCUT2D eigenvalue weighted by molar-refractivity contribution is -0.137. The molecule has 1 rings (SSSR count). The van der Waals surface area contributed by atoms with Gasteiger partial charge in [-0.05, 0) is 32.4 Å². The van der Waals surface area contributed by atoms with Crippen molar-refractivity contribution in [2.24, 2.45) is 0 Å².